The molecule has 0 spiro atoms. The van der Waals surface area contributed by atoms with E-state index >= 15 is 0 Å². The van der Waals surface area contributed by atoms with Gasteiger partial charge in [0.15, 0.2) is 5.82 Å². The standard InChI is InChI=1S/C24H23N7O/c32-23(18-8-5-10-20(16-18)28-24-25-12-6-13-26-24)27-19-9-4-7-17(15-19)22-30-29-21-11-2-1-3-14-31(21)22/h4-10,12-13,15-16H,1-3,11,14H2,(H,27,32)(H,25,26,28). The lowest BCUT2D eigenvalue weighted by atomic mass is 10.1. The average Bonchev–Trinajstić information content (AvgIpc) is 3.08. The van der Waals surface area contributed by atoms with Crippen LogP contribution in [0.2, 0.25) is 0 Å². The zero-order valence-corrected chi connectivity index (χ0v) is 17.5. The Morgan fingerprint density at radius 2 is 1.72 bits per heavy atom. The smallest absolute Gasteiger partial charge is 0.255 e. The lowest BCUT2D eigenvalue weighted by molar-refractivity contribution is 0.102. The highest BCUT2D eigenvalue weighted by Gasteiger charge is 2.16. The van der Waals surface area contributed by atoms with E-state index in [9.17, 15) is 4.79 Å². The van der Waals surface area contributed by atoms with E-state index in [0.29, 0.717) is 17.2 Å². The van der Waals surface area contributed by atoms with Crippen molar-refractivity contribution in [2.24, 2.45) is 0 Å². The number of nitrogens with one attached hydrogen (secondary N) is 2. The van der Waals surface area contributed by atoms with E-state index in [1.54, 1.807) is 30.6 Å². The number of nitrogens with zero attached hydrogens (tertiary/aromatic N) is 5. The van der Waals surface area contributed by atoms with E-state index in [1.165, 1.54) is 6.42 Å². The molecule has 0 aliphatic carbocycles. The number of amides is 1. The molecule has 1 aliphatic rings. The van der Waals surface area contributed by atoms with Gasteiger partial charge in [-0.2, -0.15) is 0 Å². The Morgan fingerprint density at radius 1 is 0.875 bits per heavy atom. The fourth-order valence-electron chi connectivity index (χ4n) is 3.87. The molecule has 4 aromatic rings. The van der Waals surface area contributed by atoms with Gasteiger partial charge in [-0.25, -0.2) is 9.97 Å². The highest BCUT2D eigenvalue weighted by atomic mass is 16.1. The first-order chi connectivity index (χ1) is 15.8. The van der Waals surface area contributed by atoms with Gasteiger partial charge in [-0.1, -0.05) is 24.6 Å². The Kier molecular flexibility index (Phi) is 5.57. The summed E-state index contributed by atoms with van der Waals surface area (Å²) in [4.78, 5) is 21.2. The Labute approximate surface area is 185 Å². The maximum absolute atomic E-state index is 12.9. The Balaban J connectivity index is 1.34. The molecule has 1 amide bonds. The topological polar surface area (TPSA) is 97.6 Å². The minimum absolute atomic E-state index is 0.195. The van der Waals surface area contributed by atoms with E-state index in [1.807, 2.05) is 36.4 Å². The molecular formula is C24H23N7O. The molecule has 0 saturated carbocycles. The Hall–Kier alpha value is -4.07. The minimum atomic E-state index is -0.195. The van der Waals surface area contributed by atoms with Gasteiger partial charge in [-0.3, -0.25) is 4.79 Å². The summed E-state index contributed by atoms with van der Waals surface area (Å²) in [6.07, 6.45) is 7.77. The summed E-state index contributed by atoms with van der Waals surface area (Å²) in [5.74, 6) is 2.18. The zero-order chi connectivity index (χ0) is 21.8. The summed E-state index contributed by atoms with van der Waals surface area (Å²) in [5, 5.41) is 14.9. The molecule has 3 heterocycles. The molecule has 2 aromatic carbocycles. The van der Waals surface area contributed by atoms with Crippen molar-refractivity contribution in [1.29, 1.82) is 0 Å². The van der Waals surface area contributed by atoms with Gasteiger partial charge in [0, 0.05) is 47.9 Å². The second kappa shape index (κ2) is 8.97. The van der Waals surface area contributed by atoms with Crippen molar-refractivity contribution in [2.75, 3.05) is 10.6 Å². The van der Waals surface area contributed by atoms with Crippen LogP contribution in [0.25, 0.3) is 11.4 Å². The third-order valence-corrected chi connectivity index (χ3v) is 5.43. The first kappa shape index (κ1) is 19.9. The van der Waals surface area contributed by atoms with Gasteiger partial charge in [-0.05, 0) is 49.2 Å². The monoisotopic (exact) mass is 425 g/mol. The van der Waals surface area contributed by atoms with Crippen molar-refractivity contribution in [3.8, 4) is 11.4 Å². The van der Waals surface area contributed by atoms with Crippen molar-refractivity contribution in [3.05, 3.63) is 78.4 Å². The largest absolute Gasteiger partial charge is 0.324 e. The number of aryl methyl sites for hydroxylation is 1. The number of hydrogen-bond donors (Lipinski definition) is 2. The fourth-order valence-corrected chi connectivity index (χ4v) is 3.87. The van der Waals surface area contributed by atoms with Gasteiger partial charge in [0.05, 0.1) is 0 Å². The highest BCUT2D eigenvalue weighted by Crippen LogP contribution is 2.25. The molecular weight excluding hydrogens is 402 g/mol. The molecule has 32 heavy (non-hydrogen) atoms. The summed E-state index contributed by atoms with van der Waals surface area (Å²) in [6.45, 7) is 0.930. The number of hydrogen-bond acceptors (Lipinski definition) is 6. The third-order valence-electron chi connectivity index (χ3n) is 5.43. The van der Waals surface area contributed by atoms with Crippen LogP contribution in [0.5, 0.6) is 0 Å². The van der Waals surface area contributed by atoms with Crippen LogP contribution in [-0.2, 0) is 13.0 Å². The van der Waals surface area contributed by atoms with Crippen LogP contribution >= 0.6 is 0 Å². The molecule has 160 valence electrons. The van der Waals surface area contributed by atoms with Gasteiger partial charge in [0.2, 0.25) is 5.95 Å². The lowest BCUT2D eigenvalue weighted by Gasteiger charge is -2.10. The van der Waals surface area contributed by atoms with Crippen molar-refractivity contribution < 1.29 is 4.79 Å². The molecule has 0 radical (unpaired) electrons. The van der Waals surface area contributed by atoms with Crippen LogP contribution in [0.3, 0.4) is 0 Å². The number of benzene rings is 2. The fraction of sp³-hybridized carbons (Fsp3) is 0.208. The first-order valence-corrected chi connectivity index (χ1v) is 10.7. The van der Waals surface area contributed by atoms with Gasteiger partial charge in [0.25, 0.3) is 5.91 Å². The summed E-state index contributed by atoms with van der Waals surface area (Å²) in [6, 6.07) is 16.7. The maximum Gasteiger partial charge on any atom is 0.255 e. The Bertz CT molecular complexity index is 1240. The Morgan fingerprint density at radius 3 is 2.62 bits per heavy atom. The quantitative estimate of drug-likeness (QED) is 0.490. The van der Waals surface area contributed by atoms with Crippen LogP contribution in [0, 0.1) is 0 Å². The average molecular weight is 425 g/mol. The van der Waals surface area contributed by atoms with Gasteiger partial charge in [0.1, 0.15) is 5.82 Å². The second-order valence-electron chi connectivity index (χ2n) is 7.72. The van der Waals surface area contributed by atoms with Crippen LogP contribution in [0.4, 0.5) is 17.3 Å². The van der Waals surface area contributed by atoms with Crippen LogP contribution in [0.1, 0.15) is 35.4 Å². The number of carbonyl (C=O) groups is 1. The number of aromatic nitrogens is 5. The molecule has 0 atom stereocenters. The highest BCUT2D eigenvalue weighted by molar-refractivity contribution is 6.05. The molecule has 2 N–H and O–H groups in total. The molecule has 2 aromatic heterocycles. The van der Waals surface area contributed by atoms with Crippen LogP contribution in [-0.4, -0.2) is 30.6 Å². The van der Waals surface area contributed by atoms with Gasteiger partial charge < -0.3 is 15.2 Å². The van der Waals surface area contributed by atoms with Gasteiger partial charge in [-0.15, -0.1) is 10.2 Å². The second-order valence-corrected chi connectivity index (χ2v) is 7.72. The van der Waals surface area contributed by atoms with Crippen molar-refractivity contribution >= 4 is 23.2 Å². The maximum atomic E-state index is 12.9. The summed E-state index contributed by atoms with van der Waals surface area (Å²) >= 11 is 0. The van der Waals surface area contributed by atoms with E-state index in [4.69, 9.17) is 0 Å². The van der Waals surface area contributed by atoms with E-state index in [2.05, 4.69) is 35.4 Å². The van der Waals surface area contributed by atoms with Crippen molar-refractivity contribution in [1.82, 2.24) is 24.7 Å². The van der Waals surface area contributed by atoms with Gasteiger partial charge >= 0.3 is 0 Å². The van der Waals surface area contributed by atoms with E-state index in [-0.39, 0.29) is 5.91 Å². The predicted molar refractivity (Wildman–Crippen MR) is 123 cm³/mol. The number of fused-ring (bicyclic) bond motifs is 1. The van der Waals surface area contributed by atoms with E-state index in [0.717, 1.165) is 48.7 Å². The van der Waals surface area contributed by atoms with Crippen molar-refractivity contribution in [2.45, 2.75) is 32.2 Å². The summed E-state index contributed by atoms with van der Waals surface area (Å²) in [5.41, 5.74) is 2.93. The third kappa shape index (κ3) is 4.34. The van der Waals surface area contributed by atoms with Crippen molar-refractivity contribution in [3.63, 3.8) is 0 Å². The molecule has 5 rings (SSSR count). The summed E-state index contributed by atoms with van der Waals surface area (Å²) < 4.78 is 2.20. The normalized spacial score (nSPS) is 13.1. The number of carbonyl (C=O) groups excluding carboxylic acids is 1. The SMILES string of the molecule is O=C(Nc1cccc(-c2nnc3n2CCCCC3)c1)c1cccc(Nc2ncccn2)c1. The number of anilines is 3. The predicted octanol–water partition coefficient (Wildman–Crippen LogP) is 4.46. The molecule has 0 saturated heterocycles. The molecule has 8 heteroatoms. The van der Waals surface area contributed by atoms with Crippen LogP contribution in [0.15, 0.2) is 67.0 Å². The molecule has 8 nitrogen and oxygen atoms in total. The van der Waals surface area contributed by atoms with E-state index < -0.39 is 0 Å². The first-order valence-electron chi connectivity index (χ1n) is 10.7. The molecule has 1 aliphatic heterocycles. The lowest BCUT2D eigenvalue weighted by Crippen LogP contribution is -2.12. The molecule has 0 bridgehead atoms. The zero-order valence-electron chi connectivity index (χ0n) is 17.5. The molecule has 0 fully saturated rings. The van der Waals surface area contributed by atoms with Crippen LogP contribution < -0.4 is 10.6 Å². The molecule has 0 unspecified atom stereocenters. The summed E-state index contributed by atoms with van der Waals surface area (Å²) in [7, 11) is 0. The number of rotatable bonds is 5. The minimum Gasteiger partial charge on any atom is -0.324 e.